The Morgan fingerprint density at radius 1 is 1.14 bits per heavy atom. The van der Waals surface area contributed by atoms with E-state index in [1.807, 2.05) is 0 Å². The Hall–Kier alpha value is 1.95. The topological polar surface area (TPSA) is 63.2 Å². The third-order valence-corrected chi connectivity index (χ3v) is 2.86. The van der Waals surface area contributed by atoms with Crippen LogP contribution in [0, 0.1) is 0 Å². The molecule has 0 atom stereocenters. The van der Waals surface area contributed by atoms with E-state index in [2.05, 4.69) is 0 Å². The first-order valence-corrected chi connectivity index (χ1v) is 5.19. The first-order chi connectivity index (χ1) is 5.41. The molecule has 0 amide bonds. The van der Waals surface area contributed by atoms with Gasteiger partial charge in [-0.3, -0.25) is 0 Å². The van der Waals surface area contributed by atoms with Gasteiger partial charge in [0.2, 0.25) is 0 Å². The summed E-state index contributed by atoms with van der Waals surface area (Å²) >= 11 is 10.9. The fraction of sp³-hybridized carbons (Fsp3) is 0. The standard InChI is InChI=1S/C6H5Cl2O3P.2Na/c7-4-1-2-5(8)6(3-4)12(9,10)11;;/h1-3H,(H2,9,10,11);;/q;2*+1/p-2. The minimum Gasteiger partial charge on any atom is -0.807 e. The van der Waals surface area contributed by atoms with E-state index in [4.69, 9.17) is 23.2 Å². The summed E-state index contributed by atoms with van der Waals surface area (Å²) in [6.45, 7) is 0. The fourth-order valence-electron chi connectivity index (χ4n) is 0.696. The largest absolute Gasteiger partial charge is 1.00 e. The smallest absolute Gasteiger partial charge is 0.807 e. The van der Waals surface area contributed by atoms with Crippen LogP contribution < -0.4 is 74.2 Å². The van der Waals surface area contributed by atoms with Gasteiger partial charge in [-0.1, -0.05) is 23.2 Å². The van der Waals surface area contributed by atoms with Crippen LogP contribution in [-0.4, -0.2) is 0 Å². The number of rotatable bonds is 1. The Kier molecular flexibility index (Phi) is 9.56. The van der Waals surface area contributed by atoms with Crippen molar-refractivity contribution in [1.29, 1.82) is 0 Å². The van der Waals surface area contributed by atoms with Crippen molar-refractivity contribution in [2.45, 2.75) is 0 Å². The molecule has 0 saturated carbocycles. The molecule has 0 spiro atoms. The van der Waals surface area contributed by atoms with Crippen LogP contribution >= 0.6 is 30.8 Å². The molecule has 0 aliphatic heterocycles. The quantitative estimate of drug-likeness (QED) is 0.378. The Balaban J connectivity index is 0. The Labute approximate surface area is 136 Å². The van der Waals surface area contributed by atoms with Crippen LogP contribution in [0.25, 0.3) is 0 Å². The minimum absolute atomic E-state index is 0. The van der Waals surface area contributed by atoms with Gasteiger partial charge in [0.25, 0.3) is 0 Å². The number of benzene rings is 1. The van der Waals surface area contributed by atoms with Crippen LogP contribution in [0.1, 0.15) is 0 Å². The van der Waals surface area contributed by atoms with Gasteiger partial charge in [0.1, 0.15) is 0 Å². The molecular weight excluding hydrogens is 268 g/mol. The van der Waals surface area contributed by atoms with Crippen LogP contribution in [0.5, 0.6) is 0 Å². The summed E-state index contributed by atoms with van der Waals surface area (Å²) in [4.78, 5) is 21.1. The van der Waals surface area contributed by atoms with Crippen molar-refractivity contribution >= 4 is 36.1 Å². The molecule has 3 nitrogen and oxygen atoms in total. The maximum Gasteiger partial charge on any atom is 1.00 e. The molecular formula is C6H3Cl2Na2O3P. The van der Waals surface area contributed by atoms with Crippen LogP contribution in [0.4, 0.5) is 0 Å². The summed E-state index contributed by atoms with van der Waals surface area (Å²) in [5.41, 5.74) is 0. The molecule has 0 aliphatic rings. The third-order valence-electron chi connectivity index (χ3n) is 1.20. The molecule has 0 radical (unpaired) electrons. The number of hydrogen-bond acceptors (Lipinski definition) is 3. The van der Waals surface area contributed by atoms with E-state index >= 15 is 0 Å². The van der Waals surface area contributed by atoms with Crippen molar-refractivity contribution in [3.8, 4) is 0 Å². The molecule has 0 aliphatic carbocycles. The zero-order chi connectivity index (χ0) is 9.35. The molecule has 66 valence electrons. The molecule has 0 heterocycles. The summed E-state index contributed by atoms with van der Waals surface area (Å²) in [6.07, 6.45) is 0. The summed E-state index contributed by atoms with van der Waals surface area (Å²) in [7, 11) is -4.80. The van der Waals surface area contributed by atoms with Gasteiger partial charge in [-0.05, 0) is 25.8 Å². The van der Waals surface area contributed by atoms with Gasteiger partial charge in [-0.15, -0.1) is 0 Å². The van der Waals surface area contributed by atoms with Gasteiger partial charge in [-0.2, -0.15) is 0 Å². The average molecular weight is 271 g/mol. The van der Waals surface area contributed by atoms with Crippen LogP contribution in [0.2, 0.25) is 10.0 Å². The molecule has 1 aromatic carbocycles. The van der Waals surface area contributed by atoms with Gasteiger partial charge in [0.15, 0.2) is 0 Å². The zero-order valence-electron chi connectivity index (χ0n) is 7.66. The van der Waals surface area contributed by atoms with Gasteiger partial charge in [0, 0.05) is 15.3 Å². The molecule has 0 aromatic heterocycles. The molecule has 0 saturated heterocycles. The Bertz CT molecular complexity index is 355. The van der Waals surface area contributed by atoms with Gasteiger partial charge in [-0.25, -0.2) is 0 Å². The zero-order valence-corrected chi connectivity index (χ0v) is 14.1. The van der Waals surface area contributed by atoms with Crippen LogP contribution in [0.3, 0.4) is 0 Å². The van der Waals surface area contributed by atoms with E-state index in [1.54, 1.807) is 0 Å². The van der Waals surface area contributed by atoms with Crippen molar-refractivity contribution in [3.63, 3.8) is 0 Å². The monoisotopic (exact) mass is 270 g/mol. The molecule has 1 aromatic rings. The SMILES string of the molecule is O=P([O-])([O-])c1cc(Cl)ccc1Cl.[Na+].[Na+]. The molecule has 0 bridgehead atoms. The Morgan fingerprint density at radius 3 is 2.00 bits per heavy atom. The van der Waals surface area contributed by atoms with Crippen LogP contribution in [0.15, 0.2) is 18.2 Å². The van der Waals surface area contributed by atoms with Crippen molar-refractivity contribution < 1.29 is 73.5 Å². The second-order valence-electron chi connectivity index (χ2n) is 2.09. The number of hydrogen-bond donors (Lipinski definition) is 0. The summed E-state index contributed by atoms with van der Waals surface area (Å²) < 4.78 is 10.5. The van der Waals surface area contributed by atoms with E-state index in [0.29, 0.717) is 0 Å². The first kappa shape index (κ1) is 18.3. The molecule has 0 fully saturated rings. The van der Waals surface area contributed by atoms with E-state index in [1.165, 1.54) is 12.1 Å². The molecule has 0 N–H and O–H groups in total. The van der Waals surface area contributed by atoms with Crippen LogP contribution in [-0.2, 0) is 4.57 Å². The Morgan fingerprint density at radius 2 is 1.64 bits per heavy atom. The normalized spacial score (nSPS) is 10.0. The minimum atomic E-state index is -4.80. The van der Waals surface area contributed by atoms with E-state index in [9.17, 15) is 14.4 Å². The predicted molar refractivity (Wildman–Crippen MR) is 43.7 cm³/mol. The van der Waals surface area contributed by atoms with Gasteiger partial charge in [0.05, 0.1) is 0 Å². The summed E-state index contributed by atoms with van der Waals surface area (Å²) in [5, 5.41) is -0.397. The fourth-order valence-corrected chi connectivity index (χ4v) is 2.01. The third kappa shape index (κ3) is 5.33. The van der Waals surface area contributed by atoms with E-state index in [-0.39, 0.29) is 69.2 Å². The van der Waals surface area contributed by atoms with Crippen molar-refractivity contribution in [2.24, 2.45) is 0 Å². The summed E-state index contributed by atoms with van der Waals surface area (Å²) in [6, 6.07) is 3.70. The maximum absolute atomic E-state index is 10.5. The predicted octanol–water partition coefficient (Wildman–Crippen LogP) is -5.46. The van der Waals surface area contributed by atoms with E-state index < -0.39 is 12.9 Å². The van der Waals surface area contributed by atoms with Gasteiger partial charge < -0.3 is 14.4 Å². The van der Waals surface area contributed by atoms with E-state index in [0.717, 1.165) is 6.07 Å². The van der Waals surface area contributed by atoms with Crippen molar-refractivity contribution in [1.82, 2.24) is 0 Å². The average Bonchev–Trinajstić information content (AvgIpc) is 1.92. The second-order valence-corrected chi connectivity index (χ2v) is 4.41. The molecule has 8 heteroatoms. The van der Waals surface area contributed by atoms with Gasteiger partial charge >= 0.3 is 59.1 Å². The second kappa shape index (κ2) is 7.31. The van der Waals surface area contributed by atoms with Crippen molar-refractivity contribution in [3.05, 3.63) is 28.2 Å². The summed E-state index contributed by atoms with van der Waals surface area (Å²) in [5.74, 6) is 0. The molecule has 14 heavy (non-hydrogen) atoms. The first-order valence-electron chi connectivity index (χ1n) is 2.89. The van der Waals surface area contributed by atoms with Crippen molar-refractivity contribution in [2.75, 3.05) is 0 Å². The maximum atomic E-state index is 10.5. The number of halogens is 2. The molecule has 1 rings (SSSR count). The molecule has 0 unspecified atom stereocenters.